The van der Waals surface area contributed by atoms with Crippen LogP contribution in [0.5, 0.6) is 0 Å². The predicted molar refractivity (Wildman–Crippen MR) is 44.5 cm³/mol. The first kappa shape index (κ1) is 7.25. The molecule has 2 atom stereocenters. The minimum atomic E-state index is -0.0444. The van der Waals surface area contributed by atoms with Crippen LogP contribution in [0.3, 0.4) is 0 Å². The standard InChI is InChI=1S/C8H11NOS/c10-8-2-1-6(8)3-7-4-9-5-11-7/h4-6,8,10H,1-3H2. The van der Waals surface area contributed by atoms with E-state index >= 15 is 0 Å². The summed E-state index contributed by atoms with van der Waals surface area (Å²) in [5.41, 5.74) is 1.85. The Morgan fingerprint density at radius 3 is 3.00 bits per heavy atom. The van der Waals surface area contributed by atoms with Crippen LogP contribution in [0.25, 0.3) is 0 Å². The second-order valence-corrected chi connectivity index (χ2v) is 4.05. The summed E-state index contributed by atoms with van der Waals surface area (Å²) in [7, 11) is 0. The van der Waals surface area contributed by atoms with E-state index in [1.165, 1.54) is 11.3 Å². The van der Waals surface area contributed by atoms with E-state index in [-0.39, 0.29) is 6.10 Å². The second-order valence-electron chi connectivity index (χ2n) is 3.08. The number of hydrogen-bond acceptors (Lipinski definition) is 3. The molecule has 60 valence electrons. The van der Waals surface area contributed by atoms with E-state index in [0.717, 1.165) is 12.8 Å². The van der Waals surface area contributed by atoms with Crippen LogP contribution in [0.15, 0.2) is 11.7 Å². The van der Waals surface area contributed by atoms with Crippen LogP contribution >= 0.6 is 11.3 Å². The van der Waals surface area contributed by atoms with Crippen LogP contribution in [0.2, 0.25) is 0 Å². The number of hydrogen-bond donors (Lipinski definition) is 1. The average Bonchev–Trinajstić information content (AvgIpc) is 2.49. The highest BCUT2D eigenvalue weighted by atomic mass is 32.1. The molecule has 1 aromatic heterocycles. The summed E-state index contributed by atoms with van der Waals surface area (Å²) in [5, 5.41) is 9.29. The summed E-state index contributed by atoms with van der Waals surface area (Å²) >= 11 is 1.68. The van der Waals surface area contributed by atoms with Gasteiger partial charge in [-0.15, -0.1) is 11.3 Å². The Bertz CT molecular complexity index is 222. The van der Waals surface area contributed by atoms with E-state index in [1.54, 1.807) is 11.3 Å². The quantitative estimate of drug-likeness (QED) is 0.727. The third-order valence-corrected chi connectivity index (χ3v) is 3.13. The summed E-state index contributed by atoms with van der Waals surface area (Å²) in [6.07, 6.45) is 5.04. The van der Waals surface area contributed by atoms with Crippen molar-refractivity contribution in [1.82, 2.24) is 4.98 Å². The molecule has 1 N–H and O–H groups in total. The highest BCUT2D eigenvalue weighted by Crippen LogP contribution is 2.31. The molecule has 0 aromatic carbocycles. The van der Waals surface area contributed by atoms with Crippen LogP contribution in [-0.2, 0) is 6.42 Å². The van der Waals surface area contributed by atoms with E-state index in [1.807, 2.05) is 11.7 Å². The molecule has 11 heavy (non-hydrogen) atoms. The molecule has 0 aliphatic heterocycles. The predicted octanol–water partition coefficient (Wildman–Crippen LogP) is 1.46. The number of aliphatic hydroxyl groups is 1. The molecule has 2 nitrogen and oxygen atoms in total. The number of thiazole rings is 1. The maximum absolute atomic E-state index is 9.29. The van der Waals surface area contributed by atoms with E-state index in [0.29, 0.717) is 5.92 Å². The van der Waals surface area contributed by atoms with Gasteiger partial charge in [-0.3, -0.25) is 4.98 Å². The van der Waals surface area contributed by atoms with Crippen LogP contribution in [-0.4, -0.2) is 16.2 Å². The van der Waals surface area contributed by atoms with Crippen molar-refractivity contribution in [3.8, 4) is 0 Å². The summed E-state index contributed by atoms with van der Waals surface area (Å²) in [4.78, 5) is 5.30. The lowest BCUT2D eigenvalue weighted by Crippen LogP contribution is -2.32. The normalized spacial score (nSPS) is 29.9. The molecule has 2 unspecified atom stereocenters. The molecule has 1 aliphatic rings. The van der Waals surface area contributed by atoms with Gasteiger partial charge in [0.2, 0.25) is 0 Å². The van der Waals surface area contributed by atoms with Crippen molar-refractivity contribution in [2.45, 2.75) is 25.4 Å². The molecule has 1 aromatic rings. The summed E-state index contributed by atoms with van der Waals surface area (Å²) in [6.45, 7) is 0. The lowest BCUT2D eigenvalue weighted by Gasteiger charge is -2.31. The zero-order chi connectivity index (χ0) is 7.68. The van der Waals surface area contributed by atoms with Gasteiger partial charge in [-0.05, 0) is 25.2 Å². The molecule has 1 saturated carbocycles. The molecule has 0 radical (unpaired) electrons. The van der Waals surface area contributed by atoms with Crippen molar-refractivity contribution in [2.75, 3.05) is 0 Å². The topological polar surface area (TPSA) is 33.1 Å². The average molecular weight is 169 g/mol. The van der Waals surface area contributed by atoms with Crippen molar-refractivity contribution in [3.63, 3.8) is 0 Å². The van der Waals surface area contributed by atoms with Gasteiger partial charge in [-0.1, -0.05) is 0 Å². The van der Waals surface area contributed by atoms with Gasteiger partial charge in [0.15, 0.2) is 0 Å². The highest BCUT2D eigenvalue weighted by molar-refractivity contribution is 7.09. The molecule has 2 rings (SSSR count). The Labute approximate surface area is 69.9 Å². The highest BCUT2D eigenvalue weighted by Gasteiger charge is 2.28. The minimum Gasteiger partial charge on any atom is -0.393 e. The first-order valence-electron chi connectivity index (χ1n) is 3.91. The van der Waals surface area contributed by atoms with Gasteiger partial charge < -0.3 is 5.11 Å². The third kappa shape index (κ3) is 1.44. The molecule has 1 fully saturated rings. The fraction of sp³-hybridized carbons (Fsp3) is 0.625. The van der Waals surface area contributed by atoms with E-state index in [2.05, 4.69) is 4.98 Å². The Morgan fingerprint density at radius 2 is 2.55 bits per heavy atom. The maximum atomic E-state index is 9.29. The number of nitrogens with zero attached hydrogens (tertiary/aromatic N) is 1. The zero-order valence-electron chi connectivity index (χ0n) is 6.23. The van der Waals surface area contributed by atoms with Crippen molar-refractivity contribution < 1.29 is 5.11 Å². The van der Waals surface area contributed by atoms with Crippen LogP contribution < -0.4 is 0 Å². The molecule has 1 aliphatic carbocycles. The second kappa shape index (κ2) is 2.91. The van der Waals surface area contributed by atoms with Gasteiger partial charge in [0.25, 0.3) is 0 Å². The largest absolute Gasteiger partial charge is 0.393 e. The first-order valence-corrected chi connectivity index (χ1v) is 4.79. The fourth-order valence-electron chi connectivity index (χ4n) is 1.39. The maximum Gasteiger partial charge on any atom is 0.0794 e. The van der Waals surface area contributed by atoms with Gasteiger partial charge >= 0.3 is 0 Å². The summed E-state index contributed by atoms with van der Waals surface area (Å²) < 4.78 is 0. The monoisotopic (exact) mass is 169 g/mol. The lowest BCUT2D eigenvalue weighted by atomic mass is 9.79. The van der Waals surface area contributed by atoms with Gasteiger partial charge in [0, 0.05) is 11.1 Å². The molecule has 1 heterocycles. The Kier molecular flexibility index (Phi) is 1.92. The van der Waals surface area contributed by atoms with Crippen molar-refractivity contribution in [3.05, 3.63) is 16.6 Å². The summed E-state index contributed by atoms with van der Waals surface area (Å²) in [6, 6.07) is 0. The molecule has 3 heteroatoms. The SMILES string of the molecule is OC1CCC1Cc1cncs1. The molecule has 0 bridgehead atoms. The molecular formula is C8H11NOS. The summed E-state index contributed by atoms with van der Waals surface area (Å²) in [5.74, 6) is 0.510. The number of aliphatic hydroxyl groups excluding tert-OH is 1. The Balaban J connectivity index is 1.91. The molecule has 0 saturated heterocycles. The van der Waals surface area contributed by atoms with Gasteiger partial charge in [0.05, 0.1) is 11.6 Å². The van der Waals surface area contributed by atoms with Crippen molar-refractivity contribution in [1.29, 1.82) is 0 Å². The van der Waals surface area contributed by atoms with Crippen LogP contribution in [0, 0.1) is 5.92 Å². The van der Waals surface area contributed by atoms with Crippen molar-refractivity contribution >= 4 is 11.3 Å². The zero-order valence-corrected chi connectivity index (χ0v) is 7.05. The molecule has 0 amide bonds. The number of aromatic nitrogens is 1. The van der Waals surface area contributed by atoms with Crippen LogP contribution in [0.4, 0.5) is 0 Å². The Morgan fingerprint density at radius 1 is 1.64 bits per heavy atom. The lowest BCUT2D eigenvalue weighted by molar-refractivity contribution is 0.0248. The Hall–Kier alpha value is -0.410. The van der Waals surface area contributed by atoms with Crippen LogP contribution in [0.1, 0.15) is 17.7 Å². The molecule has 0 spiro atoms. The van der Waals surface area contributed by atoms with Gasteiger partial charge in [0.1, 0.15) is 0 Å². The van der Waals surface area contributed by atoms with E-state index in [4.69, 9.17) is 0 Å². The van der Waals surface area contributed by atoms with Gasteiger partial charge in [-0.25, -0.2) is 0 Å². The van der Waals surface area contributed by atoms with Gasteiger partial charge in [-0.2, -0.15) is 0 Å². The fourth-order valence-corrected chi connectivity index (χ4v) is 2.08. The number of rotatable bonds is 2. The van der Waals surface area contributed by atoms with E-state index in [9.17, 15) is 5.11 Å². The van der Waals surface area contributed by atoms with Crippen molar-refractivity contribution in [2.24, 2.45) is 5.92 Å². The van der Waals surface area contributed by atoms with E-state index < -0.39 is 0 Å². The smallest absolute Gasteiger partial charge is 0.0794 e. The third-order valence-electron chi connectivity index (χ3n) is 2.32. The first-order chi connectivity index (χ1) is 5.36. The molecular weight excluding hydrogens is 158 g/mol. The minimum absolute atomic E-state index is 0.0444.